The lowest BCUT2D eigenvalue weighted by molar-refractivity contribution is -0.118. The van der Waals surface area contributed by atoms with Gasteiger partial charge in [0.25, 0.3) is 0 Å². The van der Waals surface area contributed by atoms with Crippen molar-refractivity contribution in [3.05, 3.63) is 35.9 Å². The van der Waals surface area contributed by atoms with Crippen LogP contribution >= 0.6 is 0 Å². The van der Waals surface area contributed by atoms with Crippen LogP contribution in [0.2, 0.25) is 0 Å². The van der Waals surface area contributed by atoms with E-state index in [2.05, 4.69) is 30.1 Å². The number of nitrogens with zero attached hydrogens (tertiary/aromatic N) is 1. The minimum Gasteiger partial charge on any atom is -0.495 e. The number of fused-ring (bicyclic) bond motifs is 1. The van der Waals surface area contributed by atoms with Gasteiger partial charge in [0.1, 0.15) is 5.75 Å². The zero-order valence-corrected chi connectivity index (χ0v) is 18.0. The lowest BCUT2D eigenvalue weighted by Crippen LogP contribution is -2.50. The Balaban J connectivity index is 1.15. The molecule has 5 aliphatic rings. The molecule has 1 amide bonds. The van der Waals surface area contributed by atoms with Gasteiger partial charge < -0.3 is 10.1 Å². The zero-order chi connectivity index (χ0) is 20.2. The molecule has 4 aliphatic carbocycles. The van der Waals surface area contributed by atoms with Crippen molar-refractivity contribution in [1.82, 2.24) is 4.90 Å². The molecule has 1 heterocycles. The fraction of sp³-hybridized carbons (Fsp3) is 0.640. The van der Waals surface area contributed by atoms with Crippen molar-refractivity contribution in [1.29, 1.82) is 0 Å². The van der Waals surface area contributed by atoms with E-state index in [1.54, 1.807) is 12.7 Å². The van der Waals surface area contributed by atoms with E-state index in [0.29, 0.717) is 5.41 Å². The molecule has 29 heavy (non-hydrogen) atoms. The van der Waals surface area contributed by atoms with Crippen LogP contribution in [0.25, 0.3) is 0 Å². The van der Waals surface area contributed by atoms with Crippen molar-refractivity contribution in [3.63, 3.8) is 0 Å². The summed E-state index contributed by atoms with van der Waals surface area (Å²) in [4.78, 5) is 15.5. The summed E-state index contributed by atoms with van der Waals surface area (Å²) in [7, 11) is 1.64. The summed E-state index contributed by atoms with van der Waals surface area (Å²) in [5.74, 6) is 2.77. The van der Waals surface area contributed by atoms with Crippen molar-refractivity contribution >= 4 is 11.6 Å². The van der Waals surface area contributed by atoms with Gasteiger partial charge in [-0.05, 0) is 80.0 Å². The number of amides is 1. The van der Waals surface area contributed by atoms with Crippen molar-refractivity contribution in [2.24, 2.45) is 28.6 Å². The third kappa shape index (κ3) is 3.20. The van der Waals surface area contributed by atoms with Crippen molar-refractivity contribution in [2.45, 2.75) is 46.0 Å². The monoisotopic (exact) mass is 394 g/mol. The number of allylic oxidation sites excluding steroid dienone is 1. The number of anilines is 1. The highest BCUT2D eigenvalue weighted by molar-refractivity contribution is 5.96. The first kappa shape index (κ1) is 19.2. The van der Waals surface area contributed by atoms with Gasteiger partial charge in [0.15, 0.2) is 0 Å². The highest BCUT2D eigenvalue weighted by Crippen LogP contribution is 2.61. The molecule has 1 aromatic rings. The predicted molar refractivity (Wildman–Crippen MR) is 116 cm³/mol. The summed E-state index contributed by atoms with van der Waals surface area (Å²) in [5.41, 5.74) is 3.23. The van der Waals surface area contributed by atoms with Gasteiger partial charge in [-0.3, -0.25) is 9.69 Å². The average Bonchev–Trinajstić information content (AvgIpc) is 3.44. The van der Waals surface area contributed by atoms with Gasteiger partial charge in [-0.1, -0.05) is 37.6 Å². The van der Waals surface area contributed by atoms with E-state index in [-0.39, 0.29) is 17.2 Å². The minimum atomic E-state index is 0.162. The number of nitrogens with one attached hydrogen (secondary N) is 1. The molecule has 3 fully saturated rings. The van der Waals surface area contributed by atoms with Crippen LogP contribution in [0.1, 0.15) is 46.0 Å². The number of rotatable bonds is 5. The first-order valence-corrected chi connectivity index (χ1v) is 11.3. The van der Waals surface area contributed by atoms with Crippen molar-refractivity contribution in [2.75, 3.05) is 32.1 Å². The van der Waals surface area contributed by atoms with E-state index in [0.717, 1.165) is 62.2 Å². The Kier molecular flexibility index (Phi) is 4.54. The van der Waals surface area contributed by atoms with Gasteiger partial charge in [0.05, 0.1) is 12.8 Å². The first-order chi connectivity index (χ1) is 13.9. The molecule has 1 unspecified atom stereocenters. The van der Waals surface area contributed by atoms with Gasteiger partial charge in [-0.25, -0.2) is 0 Å². The Morgan fingerprint density at radius 3 is 2.69 bits per heavy atom. The maximum atomic E-state index is 12.8. The van der Waals surface area contributed by atoms with Gasteiger partial charge in [0.2, 0.25) is 5.91 Å². The zero-order valence-electron chi connectivity index (χ0n) is 18.0. The molecule has 156 valence electrons. The lowest BCUT2D eigenvalue weighted by atomic mass is 9.49. The fourth-order valence-electron chi connectivity index (χ4n) is 6.31. The molecule has 1 aliphatic heterocycles. The molecule has 1 N–H and O–H groups in total. The molecular weight excluding hydrogens is 360 g/mol. The number of para-hydroxylation sites is 2. The molecule has 1 saturated heterocycles. The Morgan fingerprint density at radius 2 is 2.00 bits per heavy atom. The molecular formula is C25H34N2O2. The third-order valence-corrected chi connectivity index (χ3v) is 8.71. The Morgan fingerprint density at radius 1 is 1.24 bits per heavy atom. The van der Waals surface area contributed by atoms with Gasteiger partial charge in [0, 0.05) is 12.5 Å². The van der Waals surface area contributed by atoms with Gasteiger partial charge in [-0.15, -0.1) is 0 Å². The summed E-state index contributed by atoms with van der Waals surface area (Å²) in [6.45, 7) is 8.33. The molecule has 6 rings (SSSR count). The maximum absolute atomic E-state index is 12.8. The third-order valence-electron chi connectivity index (χ3n) is 8.71. The average molecular weight is 395 g/mol. The predicted octanol–water partition coefficient (Wildman–Crippen LogP) is 4.73. The number of carbonyl (C=O) groups is 1. The summed E-state index contributed by atoms with van der Waals surface area (Å²) in [6.07, 6.45) is 8.57. The highest BCUT2D eigenvalue weighted by atomic mass is 16.5. The van der Waals surface area contributed by atoms with E-state index in [1.807, 2.05) is 24.3 Å². The van der Waals surface area contributed by atoms with E-state index < -0.39 is 0 Å². The first-order valence-electron chi connectivity index (χ1n) is 11.3. The van der Waals surface area contributed by atoms with Gasteiger partial charge in [-0.2, -0.15) is 0 Å². The quantitative estimate of drug-likeness (QED) is 0.734. The lowest BCUT2D eigenvalue weighted by Gasteiger charge is -2.57. The normalized spacial score (nSPS) is 31.6. The molecule has 3 atom stereocenters. The Labute approximate surface area is 174 Å². The van der Waals surface area contributed by atoms with Crippen LogP contribution in [0.4, 0.5) is 5.69 Å². The number of carbonyl (C=O) groups excluding carboxylic acids is 1. The second-order valence-corrected chi connectivity index (χ2v) is 10.4. The van der Waals surface area contributed by atoms with Gasteiger partial charge >= 0.3 is 0 Å². The smallest absolute Gasteiger partial charge is 0.228 e. The molecule has 0 aromatic heterocycles. The molecule has 0 radical (unpaired) electrons. The Bertz CT molecular complexity index is 835. The number of likely N-dealkylation sites (tertiary alicyclic amines) is 1. The van der Waals surface area contributed by atoms with Crippen LogP contribution < -0.4 is 10.1 Å². The largest absolute Gasteiger partial charge is 0.495 e. The molecule has 1 spiro atoms. The number of hydrogen-bond acceptors (Lipinski definition) is 3. The van der Waals surface area contributed by atoms with Crippen LogP contribution in [0, 0.1) is 28.6 Å². The molecule has 4 heteroatoms. The number of hydrogen-bond donors (Lipinski definition) is 1. The van der Waals surface area contributed by atoms with E-state index >= 15 is 0 Å². The molecule has 4 nitrogen and oxygen atoms in total. The summed E-state index contributed by atoms with van der Waals surface area (Å²) in [5, 5.41) is 3.11. The number of benzene rings is 1. The number of ether oxygens (including phenoxy) is 1. The highest BCUT2D eigenvalue weighted by Gasteiger charge is 2.58. The maximum Gasteiger partial charge on any atom is 0.228 e. The van der Waals surface area contributed by atoms with E-state index in [9.17, 15) is 4.79 Å². The van der Waals surface area contributed by atoms with E-state index in [4.69, 9.17) is 4.74 Å². The Hall–Kier alpha value is -1.81. The molecule has 2 saturated carbocycles. The summed E-state index contributed by atoms with van der Waals surface area (Å²) >= 11 is 0. The second-order valence-electron chi connectivity index (χ2n) is 10.4. The van der Waals surface area contributed by atoms with Crippen LogP contribution in [0.15, 0.2) is 35.9 Å². The number of methoxy groups -OCH3 is 1. The fourth-order valence-corrected chi connectivity index (χ4v) is 6.31. The minimum absolute atomic E-state index is 0.162. The van der Waals surface area contributed by atoms with Crippen LogP contribution in [-0.2, 0) is 4.79 Å². The van der Waals surface area contributed by atoms with Crippen molar-refractivity contribution < 1.29 is 9.53 Å². The second kappa shape index (κ2) is 6.87. The van der Waals surface area contributed by atoms with Crippen LogP contribution in [0.5, 0.6) is 5.75 Å². The number of piperidine rings is 1. The van der Waals surface area contributed by atoms with Crippen molar-refractivity contribution in [3.8, 4) is 5.75 Å². The summed E-state index contributed by atoms with van der Waals surface area (Å²) in [6, 6.07) is 7.67. The molecule has 2 bridgehead atoms. The standard InChI is InChI=1S/C25H34N2O2/c1-24(2)18-9-8-17(19(24)14-18)16-27-12-10-25(11-13-27)15-20(25)23(28)26-21-6-4-5-7-22(21)29-3/h4-8,18-20H,9-16H2,1-3H3,(H,26,28)/t18-,19-,20?/m0/s1. The van der Waals surface area contributed by atoms with Crippen LogP contribution in [0.3, 0.4) is 0 Å². The van der Waals surface area contributed by atoms with E-state index in [1.165, 1.54) is 12.8 Å². The topological polar surface area (TPSA) is 41.6 Å². The summed E-state index contributed by atoms with van der Waals surface area (Å²) < 4.78 is 5.37. The SMILES string of the molecule is COc1ccccc1NC(=O)C1CC12CCN(CC1=CC[C@H]3C[C@@H]1C3(C)C)CC2. The van der Waals surface area contributed by atoms with Crippen LogP contribution in [-0.4, -0.2) is 37.6 Å². The molecule has 1 aromatic carbocycles.